The molecule has 3 heteroatoms. The second-order valence-electron chi connectivity index (χ2n) is 4.10. The second kappa shape index (κ2) is 7.55. The van der Waals surface area contributed by atoms with Crippen LogP contribution in [-0.4, -0.2) is 49.1 Å². The van der Waals surface area contributed by atoms with E-state index in [-0.39, 0.29) is 0 Å². The van der Waals surface area contributed by atoms with Gasteiger partial charge in [0.25, 0.3) is 0 Å². The van der Waals surface area contributed by atoms with E-state index in [9.17, 15) is 0 Å². The molecule has 0 aromatic carbocycles. The summed E-state index contributed by atoms with van der Waals surface area (Å²) in [6.45, 7) is 6.84. The number of hydrogen-bond donors (Lipinski definition) is 1. The molecule has 14 heavy (non-hydrogen) atoms. The van der Waals surface area contributed by atoms with E-state index in [2.05, 4.69) is 35.9 Å². The minimum absolute atomic E-state index is 0.898. The minimum atomic E-state index is 0.898. The van der Waals surface area contributed by atoms with Crippen LogP contribution < -0.4 is 5.32 Å². The van der Waals surface area contributed by atoms with Crippen molar-refractivity contribution in [2.45, 2.75) is 31.4 Å². The molecular weight excluding hydrogens is 192 g/mol. The Bertz CT molecular complexity index is 135. The zero-order valence-corrected chi connectivity index (χ0v) is 10.4. The van der Waals surface area contributed by atoms with Gasteiger partial charge in [-0.2, -0.15) is 11.8 Å². The van der Waals surface area contributed by atoms with Crippen molar-refractivity contribution < 1.29 is 0 Å². The van der Waals surface area contributed by atoms with E-state index in [0.717, 1.165) is 18.3 Å². The van der Waals surface area contributed by atoms with Gasteiger partial charge >= 0.3 is 0 Å². The molecule has 1 aliphatic heterocycles. The molecule has 0 aromatic rings. The third-order valence-corrected chi connectivity index (χ3v) is 4.09. The highest BCUT2D eigenvalue weighted by molar-refractivity contribution is 7.99. The first-order valence-electron chi connectivity index (χ1n) is 5.83. The molecule has 84 valence electrons. The van der Waals surface area contributed by atoms with Crippen LogP contribution >= 0.6 is 11.8 Å². The van der Waals surface area contributed by atoms with Gasteiger partial charge < -0.3 is 10.2 Å². The lowest BCUT2D eigenvalue weighted by Gasteiger charge is -2.26. The zero-order valence-electron chi connectivity index (χ0n) is 9.59. The normalized spacial score (nSPS) is 22.9. The summed E-state index contributed by atoms with van der Waals surface area (Å²) in [5, 5.41) is 4.27. The van der Waals surface area contributed by atoms with Gasteiger partial charge in [0.15, 0.2) is 0 Å². The Morgan fingerprint density at radius 1 is 1.43 bits per heavy atom. The molecule has 1 heterocycles. The molecule has 1 fully saturated rings. The molecule has 1 aliphatic rings. The molecule has 1 unspecified atom stereocenters. The van der Waals surface area contributed by atoms with E-state index in [0.29, 0.717) is 0 Å². The monoisotopic (exact) mass is 216 g/mol. The highest BCUT2D eigenvalue weighted by Crippen LogP contribution is 2.25. The van der Waals surface area contributed by atoms with Crippen molar-refractivity contribution in [1.29, 1.82) is 0 Å². The number of nitrogens with zero attached hydrogens (tertiary/aromatic N) is 1. The van der Waals surface area contributed by atoms with E-state index in [1.807, 2.05) is 0 Å². The van der Waals surface area contributed by atoms with Crippen LogP contribution in [0.25, 0.3) is 0 Å². The number of hydrogen-bond acceptors (Lipinski definition) is 3. The molecule has 0 bridgehead atoms. The fourth-order valence-corrected chi connectivity index (χ4v) is 3.23. The maximum atomic E-state index is 3.37. The SMILES string of the molecule is CCNCCN(C)CC1CCCCS1. The van der Waals surface area contributed by atoms with Crippen LogP contribution in [0.2, 0.25) is 0 Å². The quantitative estimate of drug-likeness (QED) is 0.682. The van der Waals surface area contributed by atoms with Crippen LogP contribution in [0, 0.1) is 0 Å². The fourth-order valence-electron chi connectivity index (χ4n) is 1.84. The Kier molecular flexibility index (Phi) is 6.65. The highest BCUT2D eigenvalue weighted by Gasteiger charge is 2.15. The van der Waals surface area contributed by atoms with Crippen molar-refractivity contribution in [3.63, 3.8) is 0 Å². The molecule has 0 spiro atoms. The van der Waals surface area contributed by atoms with Crippen molar-refractivity contribution in [1.82, 2.24) is 10.2 Å². The van der Waals surface area contributed by atoms with Crippen molar-refractivity contribution in [3.05, 3.63) is 0 Å². The molecule has 0 aliphatic carbocycles. The lowest BCUT2D eigenvalue weighted by atomic mass is 10.2. The molecule has 0 saturated carbocycles. The first-order chi connectivity index (χ1) is 6.83. The maximum Gasteiger partial charge on any atom is 0.0174 e. The van der Waals surface area contributed by atoms with Crippen molar-refractivity contribution in [3.8, 4) is 0 Å². The van der Waals surface area contributed by atoms with Gasteiger partial charge in [-0.15, -0.1) is 0 Å². The van der Waals surface area contributed by atoms with Gasteiger partial charge in [0.05, 0.1) is 0 Å². The summed E-state index contributed by atoms with van der Waals surface area (Å²) in [5.74, 6) is 1.38. The number of thioether (sulfide) groups is 1. The summed E-state index contributed by atoms with van der Waals surface area (Å²) in [6, 6.07) is 0. The highest BCUT2D eigenvalue weighted by atomic mass is 32.2. The summed E-state index contributed by atoms with van der Waals surface area (Å²) < 4.78 is 0. The Morgan fingerprint density at radius 2 is 2.29 bits per heavy atom. The van der Waals surface area contributed by atoms with E-state index in [4.69, 9.17) is 0 Å². The molecule has 1 N–H and O–H groups in total. The number of rotatable bonds is 6. The summed E-state index contributed by atoms with van der Waals surface area (Å²) in [4.78, 5) is 2.46. The van der Waals surface area contributed by atoms with Crippen molar-refractivity contribution in [2.24, 2.45) is 0 Å². The Balaban J connectivity index is 2.03. The lowest BCUT2D eigenvalue weighted by molar-refractivity contribution is 0.326. The van der Waals surface area contributed by atoms with Gasteiger partial charge in [0, 0.05) is 24.9 Å². The standard InChI is InChI=1S/C11H24N2S/c1-3-12-7-8-13(2)10-11-6-4-5-9-14-11/h11-12H,3-10H2,1-2H3. The smallest absolute Gasteiger partial charge is 0.0174 e. The molecular formula is C11H24N2S. The molecule has 0 radical (unpaired) electrons. The van der Waals surface area contributed by atoms with Gasteiger partial charge in [-0.25, -0.2) is 0 Å². The van der Waals surface area contributed by atoms with Gasteiger partial charge in [-0.3, -0.25) is 0 Å². The maximum absolute atomic E-state index is 3.37. The fraction of sp³-hybridized carbons (Fsp3) is 1.00. The van der Waals surface area contributed by atoms with Crippen molar-refractivity contribution in [2.75, 3.05) is 39.0 Å². The van der Waals surface area contributed by atoms with Crippen LogP contribution in [0.5, 0.6) is 0 Å². The zero-order chi connectivity index (χ0) is 10.2. The van der Waals surface area contributed by atoms with E-state index >= 15 is 0 Å². The van der Waals surface area contributed by atoms with Crippen LogP contribution in [-0.2, 0) is 0 Å². The van der Waals surface area contributed by atoms with Crippen LogP contribution in [0.3, 0.4) is 0 Å². The van der Waals surface area contributed by atoms with Gasteiger partial charge in [-0.1, -0.05) is 13.3 Å². The van der Waals surface area contributed by atoms with Gasteiger partial charge in [0.1, 0.15) is 0 Å². The summed E-state index contributed by atoms with van der Waals surface area (Å²) in [5.41, 5.74) is 0. The first-order valence-corrected chi connectivity index (χ1v) is 6.88. The molecule has 0 aromatic heterocycles. The third-order valence-electron chi connectivity index (χ3n) is 2.71. The molecule has 1 rings (SSSR count). The second-order valence-corrected chi connectivity index (χ2v) is 5.51. The van der Waals surface area contributed by atoms with Gasteiger partial charge in [0.2, 0.25) is 0 Å². The molecule has 1 saturated heterocycles. The average Bonchev–Trinajstić information content (AvgIpc) is 2.20. The largest absolute Gasteiger partial charge is 0.316 e. The topological polar surface area (TPSA) is 15.3 Å². The average molecular weight is 216 g/mol. The predicted molar refractivity (Wildman–Crippen MR) is 66.1 cm³/mol. The number of nitrogens with one attached hydrogen (secondary N) is 1. The van der Waals surface area contributed by atoms with E-state index < -0.39 is 0 Å². The van der Waals surface area contributed by atoms with Gasteiger partial charge in [-0.05, 0) is 32.2 Å². The third kappa shape index (κ3) is 5.23. The summed E-state index contributed by atoms with van der Waals surface area (Å²) in [6.07, 6.45) is 4.30. The van der Waals surface area contributed by atoms with Crippen LogP contribution in [0.15, 0.2) is 0 Å². The van der Waals surface area contributed by atoms with Crippen LogP contribution in [0.1, 0.15) is 26.2 Å². The van der Waals surface area contributed by atoms with E-state index in [1.165, 1.54) is 38.1 Å². The van der Waals surface area contributed by atoms with Crippen LogP contribution in [0.4, 0.5) is 0 Å². The summed E-state index contributed by atoms with van der Waals surface area (Å²) >= 11 is 2.17. The Morgan fingerprint density at radius 3 is 2.93 bits per heavy atom. The van der Waals surface area contributed by atoms with Crippen molar-refractivity contribution >= 4 is 11.8 Å². The Hall–Kier alpha value is 0.270. The predicted octanol–water partition coefficient (Wildman–Crippen LogP) is 1.81. The number of likely N-dealkylation sites (N-methyl/N-ethyl adjacent to an activating group) is 2. The molecule has 2 nitrogen and oxygen atoms in total. The molecule has 0 amide bonds. The summed E-state index contributed by atoms with van der Waals surface area (Å²) in [7, 11) is 2.24. The Labute approximate surface area is 92.8 Å². The lowest BCUT2D eigenvalue weighted by Crippen LogP contribution is -2.34. The first kappa shape index (κ1) is 12.3. The molecule has 1 atom stereocenters. The minimum Gasteiger partial charge on any atom is -0.316 e. The van der Waals surface area contributed by atoms with E-state index in [1.54, 1.807) is 0 Å².